The molecule has 0 atom stereocenters. The van der Waals surface area contributed by atoms with Gasteiger partial charge in [-0.3, -0.25) is 14.2 Å². The Morgan fingerprint density at radius 2 is 1.96 bits per heavy atom. The number of aryl methyl sites for hydroxylation is 1. The van der Waals surface area contributed by atoms with Crippen molar-refractivity contribution >= 4 is 34.1 Å². The fourth-order valence-electron chi connectivity index (χ4n) is 2.78. The average molecular weight is 347 g/mol. The number of nitrogens with zero attached hydrogens (tertiary/aromatic N) is 1. The Hall–Kier alpha value is -2.67. The van der Waals surface area contributed by atoms with Crippen molar-refractivity contribution in [2.45, 2.75) is 20.3 Å². The minimum Gasteiger partial charge on any atom is -0.505 e. The lowest BCUT2D eigenvalue weighted by atomic mass is 10.1. The van der Waals surface area contributed by atoms with Gasteiger partial charge in [-0.15, -0.1) is 11.3 Å². The number of aromatic nitrogens is 1. The first-order chi connectivity index (χ1) is 11.3. The third-order valence-corrected chi connectivity index (χ3v) is 4.87. The molecule has 0 amide bonds. The number of carbonyl (C=O) groups is 2. The highest BCUT2D eigenvalue weighted by Crippen LogP contribution is 2.32. The van der Waals surface area contributed by atoms with Crippen LogP contribution in [0.1, 0.15) is 25.8 Å². The van der Waals surface area contributed by atoms with E-state index < -0.39 is 17.5 Å². The number of hydrogen-bond donors (Lipinski definition) is 2. The number of aromatic hydroxyl groups is 1. The SMILES string of the molecule is Cc1ccc(C(=O)n2c(C)c(CC(=O)O)c3cc(O)c(F)cc32)s1. The summed E-state index contributed by atoms with van der Waals surface area (Å²) in [5, 5.41) is 19.1. The smallest absolute Gasteiger partial charge is 0.307 e. The van der Waals surface area contributed by atoms with E-state index in [0.717, 1.165) is 10.9 Å². The molecule has 0 unspecified atom stereocenters. The van der Waals surface area contributed by atoms with Crippen molar-refractivity contribution < 1.29 is 24.2 Å². The second-order valence-electron chi connectivity index (χ2n) is 5.51. The minimum absolute atomic E-state index is 0.245. The lowest BCUT2D eigenvalue weighted by molar-refractivity contribution is -0.136. The number of rotatable bonds is 3. The Bertz CT molecular complexity index is 986. The molecule has 0 saturated carbocycles. The normalized spacial score (nSPS) is 11.1. The first kappa shape index (κ1) is 16.2. The van der Waals surface area contributed by atoms with Crippen LogP contribution in [0, 0.1) is 19.7 Å². The predicted molar refractivity (Wildman–Crippen MR) is 88.4 cm³/mol. The molecule has 2 aromatic heterocycles. The van der Waals surface area contributed by atoms with Gasteiger partial charge in [-0.1, -0.05) is 0 Å². The summed E-state index contributed by atoms with van der Waals surface area (Å²) in [5.41, 5.74) is 1.05. The molecule has 0 aliphatic rings. The molecule has 0 aliphatic carbocycles. The van der Waals surface area contributed by atoms with Gasteiger partial charge in [-0.05, 0) is 37.6 Å². The summed E-state index contributed by atoms with van der Waals surface area (Å²) < 4.78 is 15.1. The molecule has 0 bridgehead atoms. The second-order valence-corrected chi connectivity index (χ2v) is 6.79. The second kappa shape index (κ2) is 5.76. The van der Waals surface area contributed by atoms with Crippen LogP contribution in [0.4, 0.5) is 4.39 Å². The number of aliphatic carboxylic acids is 1. The molecule has 2 heterocycles. The Morgan fingerprint density at radius 1 is 1.25 bits per heavy atom. The van der Waals surface area contributed by atoms with Crippen molar-refractivity contribution in [3.8, 4) is 5.75 Å². The van der Waals surface area contributed by atoms with Crippen molar-refractivity contribution in [2.24, 2.45) is 0 Å². The van der Waals surface area contributed by atoms with E-state index in [1.807, 2.05) is 13.0 Å². The average Bonchev–Trinajstić information content (AvgIpc) is 3.03. The van der Waals surface area contributed by atoms with E-state index in [0.29, 0.717) is 21.5 Å². The maximum atomic E-state index is 13.8. The fraction of sp³-hybridized carbons (Fsp3) is 0.176. The summed E-state index contributed by atoms with van der Waals surface area (Å²) in [5.74, 6) is -2.86. The molecule has 0 fully saturated rings. The maximum Gasteiger partial charge on any atom is 0.307 e. The van der Waals surface area contributed by atoms with E-state index >= 15 is 0 Å². The summed E-state index contributed by atoms with van der Waals surface area (Å²) >= 11 is 1.31. The largest absolute Gasteiger partial charge is 0.505 e. The van der Waals surface area contributed by atoms with Crippen LogP contribution >= 0.6 is 11.3 Å². The van der Waals surface area contributed by atoms with Gasteiger partial charge < -0.3 is 10.2 Å². The number of carboxylic acids is 1. The lowest BCUT2D eigenvalue weighted by Gasteiger charge is -2.06. The molecule has 124 valence electrons. The van der Waals surface area contributed by atoms with Gasteiger partial charge in [0.1, 0.15) is 0 Å². The predicted octanol–water partition coefficient (Wildman–Crippen LogP) is 3.48. The van der Waals surface area contributed by atoms with Crippen LogP contribution in [-0.2, 0) is 11.2 Å². The van der Waals surface area contributed by atoms with Gasteiger partial charge in [-0.25, -0.2) is 4.39 Å². The number of hydrogen-bond acceptors (Lipinski definition) is 4. The van der Waals surface area contributed by atoms with Crippen LogP contribution in [-0.4, -0.2) is 26.7 Å². The van der Waals surface area contributed by atoms with Gasteiger partial charge in [0.25, 0.3) is 5.91 Å². The van der Waals surface area contributed by atoms with Gasteiger partial charge in [0.15, 0.2) is 11.6 Å². The van der Waals surface area contributed by atoms with Crippen molar-refractivity contribution in [1.82, 2.24) is 4.57 Å². The van der Waals surface area contributed by atoms with Crippen molar-refractivity contribution in [2.75, 3.05) is 0 Å². The molecule has 24 heavy (non-hydrogen) atoms. The summed E-state index contributed by atoms with van der Waals surface area (Å²) in [6.45, 7) is 3.49. The Morgan fingerprint density at radius 3 is 2.54 bits per heavy atom. The van der Waals surface area contributed by atoms with Gasteiger partial charge in [0.05, 0.1) is 16.8 Å². The molecule has 0 saturated heterocycles. The standard InChI is InChI=1S/C17H14FNO4S/c1-8-3-4-15(24-8)17(23)19-9(2)10(6-16(21)22)11-5-14(20)12(18)7-13(11)19/h3-5,7,20H,6H2,1-2H3,(H,21,22). The van der Waals surface area contributed by atoms with Crippen LogP contribution in [0.25, 0.3) is 10.9 Å². The van der Waals surface area contributed by atoms with Gasteiger partial charge in [0.2, 0.25) is 0 Å². The number of carbonyl (C=O) groups excluding carboxylic acids is 1. The molecule has 5 nitrogen and oxygen atoms in total. The van der Waals surface area contributed by atoms with E-state index in [4.69, 9.17) is 5.11 Å². The summed E-state index contributed by atoms with van der Waals surface area (Å²) in [4.78, 5) is 25.4. The molecule has 2 N–H and O–H groups in total. The van der Waals surface area contributed by atoms with E-state index in [1.165, 1.54) is 22.0 Å². The number of fused-ring (bicyclic) bond motifs is 1. The van der Waals surface area contributed by atoms with Crippen molar-refractivity contribution in [1.29, 1.82) is 0 Å². The Kier molecular flexibility index (Phi) is 3.88. The lowest BCUT2D eigenvalue weighted by Crippen LogP contribution is -2.13. The number of benzene rings is 1. The number of thiophene rings is 1. The molecule has 0 radical (unpaired) electrons. The van der Waals surface area contributed by atoms with Crippen molar-refractivity contribution in [3.63, 3.8) is 0 Å². The zero-order valence-electron chi connectivity index (χ0n) is 13.0. The van der Waals surface area contributed by atoms with Gasteiger partial charge in [0, 0.05) is 22.0 Å². The third-order valence-electron chi connectivity index (χ3n) is 3.89. The Labute approximate surface area is 140 Å². The van der Waals surface area contributed by atoms with E-state index in [-0.39, 0.29) is 17.8 Å². The molecule has 7 heteroatoms. The van der Waals surface area contributed by atoms with E-state index in [2.05, 4.69) is 0 Å². The summed E-state index contributed by atoms with van der Waals surface area (Å²) in [6.07, 6.45) is -0.322. The van der Waals surface area contributed by atoms with Crippen molar-refractivity contribution in [3.05, 3.63) is 51.1 Å². The van der Waals surface area contributed by atoms with Gasteiger partial charge in [-0.2, -0.15) is 0 Å². The fourth-order valence-corrected chi connectivity index (χ4v) is 3.58. The summed E-state index contributed by atoms with van der Waals surface area (Å²) in [6, 6.07) is 5.71. The first-order valence-electron chi connectivity index (χ1n) is 7.15. The monoisotopic (exact) mass is 347 g/mol. The van der Waals surface area contributed by atoms with Crippen LogP contribution < -0.4 is 0 Å². The van der Waals surface area contributed by atoms with Crippen LogP contribution in [0.5, 0.6) is 5.75 Å². The van der Waals surface area contributed by atoms with E-state index in [1.54, 1.807) is 13.0 Å². The zero-order chi connectivity index (χ0) is 17.6. The Balaban J connectivity index is 2.30. The van der Waals surface area contributed by atoms with Gasteiger partial charge >= 0.3 is 5.97 Å². The quantitative estimate of drug-likeness (QED) is 0.760. The molecule has 0 spiro atoms. The molecule has 3 aromatic rings. The summed E-state index contributed by atoms with van der Waals surface area (Å²) in [7, 11) is 0. The third kappa shape index (κ3) is 2.56. The first-order valence-corrected chi connectivity index (χ1v) is 7.96. The molecular formula is C17H14FNO4S. The van der Waals surface area contributed by atoms with Crippen LogP contribution in [0.2, 0.25) is 0 Å². The highest BCUT2D eigenvalue weighted by Gasteiger charge is 2.23. The highest BCUT2D eigenvalue weighted by atomic mass is 32.1. The minimum atomic E-state index is -1.07. The maximum absolute atomic E-state index is 13.8. The zero-order valence-corrected chi connectivity index (χ0v) is 13.8. The number of carboxylic acid groups (broad SMARTS) is 1. The number of halogens is 1. The number of phenolic OH excluding ortho intramolecular Hbond substituents is 1. The molecule has 3 rings (SSSR count). The molecular weight excluding hydrogens is 333 g/mol. The van der Waals surface area contributed by atoms with E-state index in [9.17, 15) is 19.1 Å². The molecule has 1 aromatic carbocycles. The van der Waals surface area contributed by atoms with Crippen LogP contribution in [0.3, 0.4) is 0 Å². The number of phenols is 1. The highest BCUT2D eigenvalue weighted by molar-refractivity contribution is 7.14. The molecule has 0 aliphatic heterocycles. The topological polar surface area (TPSA) is 79.5 Å². The van der Waals surface area contributed by atoms with Crippen LogP contribution in [0.15, 0.2) is 24.3 Å².